The molecule has 0 saturated carbocycles. The Morgan fingerprint density at radius 1 is 1.47 bits per heavy atom. The number of hydrogen-bond acceptors (Lipinski definition) is 5. The first kappa shape index (κ1) is 13.6. The van der Waals surface area contributed by atoms with Gasteiger partial charge in [-0.05, 0) is 26.8 Å². The number of pyridine rings is 1. The SMILES string of the molecule is CC(C)(C)OC(N)c1ccc(COC=O)nc1. The Morgan fingerprint density at radius 3 is 2.65 bits per heavy atom. The third kappa shape index (κ3) is 4.93. The van der Waals surface area contributed by atoms with E-state index in [1.54, 1.807) is 12.3 Å². The molecular formula is C12H18N2O3. The predicted molar refractivity (Wildman–Crippen MR) is 62.9 cm³/mol. The fourth-order valence-corrected chi connectivity index (χ4v) is 1.26. The fraction of sp³-hybridized carbons (Fsp3) is 0.500. The van der Waals surface area contributed by atoms with E-state index < -0.39 is 6.23 Å². The van der Waals surface area contributed by atoms with Gasteiger partial charge in [-0.25, -0.2) is 0 Å². The molecule has 5 heteroatoms. The lowest BCUT2D eigenvalue weighted by molar-refractivity contribution is -0.129. The molecule has 0 bridgehead atoms. The summed E-state index contributed by atoms with van der Waals surface area (Å²) in [6.07, 6.45) is 1.11. The van der Waals surface area contributed by atoms with Crippen molar-refractivity contribution in [1.82, 2.24) is 4.98 Å². The number of hydrogen-bond donors (Lipinski definition) is 1. The quantitative estimate of drug-likeness (QED) is 0.622. The molecule has 1 aromatic heterocycles. The van der Waals surface area contributed by atoms with E-state index >= 15 is 0 Å². The van der Waals surface area contributed by atoms with Gasteiger partial charge in [0, 0.05) is 11.8 Å². The van der Waals surface area contributed by atoms with Crippen LogP contribution in [0.3, 0.4) is 0 Å². The highest BCUT2D eigenvalue weighted by Crippen LogP contribution is 2.18. The van der Waals surface area contributed by atoms with Gasteiger partial charge < -0.3 is 15.2 Å². The topological polar surface area (TPSA) is 74.4 Å². The van der Waals surface area contributed by atoms with Crippen LogP contribution in [0.5, 0.6) is 0 Å². The summed E-state index contributed by atoms with van der Waals surface area (Å²) in [6, 6.07) is 3.57. The predicted octanol–water partition coefficient (Wildman–Crippen LogP) is 1.53. The van der Waals surface area contributed by atoms with Crippen molar-refractivity contribution in [2.75, 3.05) is 0 Å². The summed E-state index contributed by atoms with van der Waals surface area (Å²) in [4.78, 5) is 14.1. The number of nitrogens with two attached hydrogens (primary N) is 1. The number of carbonyl (C=O) groups excluding carboxylic acids is 1. The van der Waals surface area contributed by atoms with E-state index in [9.17, 15) is 4.79 Å². The first-order valence-corrected chi connectivity index (χ1v) is 5.36. The smallest absolute Gasteiger partial charge is 0.293 e. The summed E-state index contributed by atoms with van der Waals surface area (Å²) in [6.45, 7) is 6.37. The molecule has 0 aromatic carbocycles. The van der Waals surface area contributed by atoms with Crippen LogP contribution in [0.25, 0.3) is 0 Å². The van der Waals surface area contributed by atoms with Gasteiger partial charge in [-0.1, -0.05) is 6.07 Å². The van der Waals surface area contributed by atoms with Crippen molar-refractivity contribution >= 4 is 6.47 Å². The Morgan fingerprint density at radius 2 is 2.18 bits per heavy atom. The second kappa shape index (κ2) is 5.75. The summed E-state index contributed by atoms with van der Waals surface area (Å²) >= 11 is 0. The molecule has 0 aliphatic carbocycles. The molecule has 1 atom stereocenters. The van der Waals surface area contributed by atoms with E-state index in [0.29, 0.717) is 12.2 Å². The van der Waals surface area contributed by atoms with E-state index in [-0.39, 0.29) is 12.2 Å². The number of carbonyl (C=O) groups is 1. The van der Waals surface area contributed by atoms with Crippen LogP contribution in [0, 0.1) is 0 Å². The molecule has 0 fully saturated rings. The van der Waals surface area contributed by atoms with Crippen molar-refractivity contribution in [3.63, 3.8) is 0 Å². The first-order chi connectivity index (χ1) is 7.92. The maximum atomic E-state index is 10.0. The molecule has 94 valence electrons. The molecule has 1 unspecified atom stereocenters. The van der Waals surface area contributed by atoms with Gasteiger partial charge in [-0.3, -0.25) is 9.78 Å². The van der Waals surface area contributed by atoms with Crippen molar-refractivity contribution in [2.45, 2.75) is 39.2 Å². The zero-order valence-corrected chi connectivity index (χ0v) is 10.3. The lowest BCUT2D eigenvalue weighted by atomic mass is 10.1. The highest BCUT2D eigenvalue weighted by molar-refractivity contribution is 5.37. The second-order valence-corrected chi connectivity index (χ2v) is 4.64. The minimum Gasteiger partial charge on any atom is -0.461 e. The molecular weight excluding hydrogens is 220 g/mol. The molecule has 0 radical (unpaired) electrons. The zero-order chi connectivity index (χ0) is 12.9. The monoisotopic (exact) mass is 238 g/mol. The summed E-state index contributed by atoms with van der Waals surface area (Å²) in [5.41, 5.74) is 7.03. The summed E-state index contributed by atoms with van der Waals surface area (Å²) < 4.78 is 10.2. The fourth-order valence-electron chi connectivity index (χ4n) is 1.26. The highest BCUT2D eigenvalue weighted by Gasteiger charge is 2.17. The summed E-state index contributed by atoms with van der Waals surface area (Å²) in [7, 11) is 0. The van der Waals surface area contributed by atoms with Crippen LogP contribution in [0.1, 0.15) is 38.3 Å². The Hall–Kier alpha value is -1.46. The average Bonchev–Trinajstić information content (AvgIpc) is 2.24. The molecule has 0 saturated heterocycles. The third-order valence-electron chi connectivity index (χ3n) is 1.96. The van der Waals surface area contributed by atoms with Gasteiger partial charge in [0.1, 0.15) is 12.8 Å². The van der Waals surface area contributed by atoms with Crippen LogP contribution >= 0.6 is 0 Å². The van der Waals surface area contributed by atoms with Gasteiger partial charge in [-0.2, -0.15) is 0 Å². The lowest BCUT2D eigenvalue weighted by Crippen LogP contribution is -2.27. The molecule has 1 heterocycles. The lowest BCUT2D eigenvalue weighted by Gasteiger charge is -2.24. The van der Waals surface area contributed by atoms with Crippen LogP contribution in [0.4, 0.5) is 0 Å². The molecule has 5 nitrogen and oxygen atoms in total. The van der Waals surface area contributed by atoms with Crippen LogP contribution < -0.4 is 5.73 Å². The first-order valence-electron chi connectivity index (χ1n) is 5.36. The van der Waals surface area contributed by atoms with E-state index in [2.05, 4.69) is 9.72 Å². The van der Waals surface area contributed by atoms with Gasteiger partial charge in [0.2, 0.25) is 0 Å². The van der Waals surface area contributed by atoms with Crippen molar-refractivity contribution in [1.29, 1.82) is 0 Å². The average molecular weight is 238 g/mol. The van der Waals surface area contributed by atoms with E-state index in [0.717, 1.165) is 5.56 Å². The third-order valence-corrected chi connectivity index (χ3v) is 1.96. The normalized spacial score (nSPS) is 13.2. The highest BCUT2D eigenvalue weighted by atomic mass is 16.5. The zero-order valence-electron chi connectivity index (χ0n) is 10.3. The number of rotatable bonds is 5. The van der Waals surface area contributed by atoms with Gasteiger partial charge in [0.05, 0.1) is 11.3 Å². The molecule has 0 aliphatic heterocycles. The van der Waals surface area contributed by atoms with Crippen LogP contribution in [0.15, 0.2) is 18.3 Å². The van der Waals surface area contributed by atoms with Gasteiger partial charge >= 0.3 is 0 Å². The van der Waals surface area contributed by atoms with Crippen molar-refractivity contribution in [2.24, 2.45) is 5.73 Å². The van der Waals surface area contributed by atoms with Gasteiger partial charge in [0.25, 0.3) is 6.47 Å². The van der Waals surface area contributed by atoms with Crippen LogP contribution in [-0.2, 0) is 20.9 Å². The molecule has 1 aromatic rings. The maximum absolute atomic E-state index is 10.0. The molecule has 17 heavy (non-hydrogen) atoms. The molecule has 0 amide bonds. The Bertz CT molecular complexity index is 357. The van der Waals surface area contributed by atoms with E-state index in [1.165, 1.54) is 0 Å². The van der Waals surface area contributed by atoms with Crippen LogP contribution in [-0.4, -0.2) is 17.1 Å². The van der Waals surface area contributed by atoms with E-state index in [4.69, 9.17) is 10.5 Å². The number of nitrogens with zero attached hydrogens (tertiary/aromatic N) is 1. The molecule has 0 aliphatic rings. The van der Waals surface area contributed by atoms with Crippen molar-refractivity contribution < 1.29 is 14.3 Å². The number of ether oxygens (including phenoxy) is 2. The van der Waals surface area contributed by atoms with Crippen molar-refractivity contribution in [3.05, 3.63) is 29.6 Å². The molecule has 0 spiro atoms. The largest absolute Gasteiger partial charge is 0.461 e. The number of aromatic nitrogens is 1. The Balaban J connectivity index is 2.63. The summed E-state index contributed by atoms with van der Waals surface area (Å²) in [5, 5.41) is 0. The standard InChI is InChI=1S/C12H18N2O3/c1-12(2,3)17-11(13)9-4-5-10(14-6-9)7-16-8-15/h4-6,8,11H,7,13H2,1-3H3. The minimum absolute atomic E-state index is 0.166. The van der Waals surface area contributed by atoms with Gasteiger partial charge in [-0.15, -0.1) is 0 Å². The summed E-state index contributed by atoms with van der Waals surface area (Å²) in [5.74, 6) is 0. The van der Waals surface area contributed by atoms with Gasteiger partial charge in [0.15, 0.2) is 0 Å². The second-order valence-electron chi connectivity index (χ2n) is 4.64. The Labute approximate surface area is 101 Å². The molecule has 2 N–H and O–H groups in total. The van der Waals surface area contributed by atoms with Crippen LogP contribution in [0.2, 0.25) is 0 Å². The maximum Gasteiger partial charge on any atom is 0.293 e. The van der Waals surface area contributed by atoms with E-state index in [1.807, 2.05) is 26.8 Å². The van der Waals surface area contributed by atoms with Crippen molar-refractivity contribution in [3.8, 4) is 0 Å². The Kier molecular flexibility index (Phi) is 4.60. The molecule has 1 rings (SSSR count). The minimum atomic E-state index is -0.511.